The molecule has 0 atom stereocenters. The van der Waals surface area contributed by atoms with Crippen molar-refractivity contribution in [2.75, 3.05) is 13.2 Å². The molecular formula is C15H22ClNO2. The Labute approximate surface area is 120 Å². The summed E-state index contributed by atoms with van der Waals surface area (Å²) in [5, 5.41) is 3.59. The van der Waals surface area contributed by atoms with Gasteiger partial charge in [-0.25, -0.2) is 0 Å². The molecule has 0 aromatic heterocycles. The summed E-state index contributed by atoms with van der Waals surface area (Å²) in [6.07, 6.45) is 1.21. The number of benzene rings is 1. The molecule has 19 heavy (non-hydrogen) atoms. The molecule has 0 radical (unpaired) electrons. The Hall–Kier alpha value is -1.22. The highest BCUT2D eigenvalue weighted by Crippen LogP contribution is 2.21. The Kier molecular flexibility index (Phi) is 6.71. The highest BCUT2D eigenvalue weighted by atomic mass is 35.5. The monoisotopic (exact) mass is 283 g/mol. The molecule has 0 fully saturated rings. The van der Waals surface area contributed by atoms with E-state index < -0.39 is 0 Å². The van der Waals surface area contributed by atoms with Crippen LogP contribution >= 0.6 is 11.6 Å². The van der Waals surface area contributed by atoms with Crippen LogP contribution < -0.4 is 10.1 Å². The molecular weight excluding hydrogens is 262 g/mol. The van der Waals surface area contributed by atoms with E-state index in [2.05, 4.69) is 19.2 Å². The van der Waals surface area contributed by atoms with E-state index >= 15 is 0 Å². The number of ether oxygens (including phenoxy) is 1. The number of halogens is 1. The van der Waals surface area contributed by atoms with Gasteiger partial charge in [0.05, 0.1) is 6.61 Å². The third-order valence-electron chi connectivity index (χ3n) is 2.65. The van der Waals surface area contributed by atoms with Crippen LogP contribution in [0.2, 0.25) is 5.02 Å². The lowest BCUT2D eigenvalue weighted by Gasteiger charge is -2.10. The molecule has 0 bridgehead atoms. The van der Waals surface area contributed by atoms with Gasteiger partial charge in [0.15, 0.2) is 0 Å². The SMILES string of the molecule is Cc1cc(Cl)ccc1OCCCC(=O)NCC(C)C. The van der Waals surface area contributed by atoms with Crippen molar-refractivity contribution in [3.63, 3.8) is 0 Å². The Morgan fingerprint density at radius 1 is 1.42 bits per heavy atom. The molecule has 106 valence electrons. The molecule has 0 saturated carbocycles. The summed E-state index contributed by atoms with van der Waals surface area (Å²) < 4.78 is 5.63. The molecule has 1 amide bonds. The smallest absolute Gasteiger partial charge is 0.220 e. The Bertz CT molecular complexity index is 419. The van der Waals surface area contributed by atoms with E-state index in [0.717, 1.165) is 17.9 Å². The molecule has 0 heterocycles. The lowest BCUT2D eigenvalue weighted by atomic mass is 10.2. The first-order valence-corrected chi connectivity index (χ1v) is 7.02. The summed E-state index contributed by atoms with van der Waals surface area (Å²) in [6.45, 7) is 7.38. The van der Waals surface area contributed by atoms with E-state index in [1.807, 2.05) is 19.1 Å². The van der Waals surface area contributed by atoms with Crippen LogP contribution in [0.25, 0.3) is 0 Å². The molecule has 1 aromatic carbocycles. The molecule has 4 heteroatoms. The van der Waals surface area contributed by atoms with Gasteiger partial charge in [-0.3, -0.25) is 4.79 Å². The lowest BCUT2D eigenvalue weighted by Crippen LogP contribution is -2.27. The number of hydrogen-bond acceptors (Lipinski definition) is 2. The predicted molar refractivity (Wildman–Crippen MR) is 78.8 cm³/mol. The molecule has 1 aromatic rings. The zero-order valence-corrected chi connectivity index (χ0v) is 12.6. The minimum Gasteiger partial charge on any atom is -0.493 e. The third-order valence-corrected chi connectivity index (χ3v) is 2.89. The van der Waals surface area contributed by atoms with Gasteiger partial charge < -0.3 is 10.1 Å². The molecule has 0 aliphatic heterocycles. The molecule has 0 saturated heterocycles. The molecule has 0 aliphatic carbocycles. The number of amides is 1. The maximum absolute atomic E-state index is 11.5. The Morgan fingerprint density at radius 2 is 2.16 bits per heavy atom. The van der Waals surface area contributed by atoms with Crippen LogP contribution in [-0.2, 0) is 4.79 Å². The zero-order valence-electron chi connectivity index (χ0n) is 11.8. The van der Waals surface area contributed by atoms with Crippen LogP contribution in [-0.4, -0.2) is 19.1 Å². The maximum atomic E-state index is 11.5. The Balaban J connectivity index is 2.22. The predicted octanol–water partition coefficient (Wildman–Crippen LogP) is 3.58. The minimum absolute atomic E-state index is 0.0881. The fourth-order valence-electron chi connectivity index (χ4n) is 1.60. The first-order chi connectivity index (χ1) is 8.99. The number of rotatable bonds is 7. The zero-order chi connectivity index (χ0) is 14.3. The molecule has 0 spiro atoms. The summed E-state index contributed by atoms with van der Waals surface area (Å²) in [4.78, 5) is 11.5. The number of aryl methyl sites for hydroxylation is 1. The first kappa shape index (κ1) is 15.8. The molecule has 0 unspecified atom stereocenters. The van der Waals surface area contributed by atoms with E-state index in [1.165, 1.54) is 0 Å². The molecule has 0 aliphatic rings. The number of hydrogen-bond donors (Lipinski definition) is 1. The highest BCUT2D eigenvalue weighted by Gasteiger charge is 2.04. The van der Waals surface area contributed by atoms with Gasteiger partial charge in [0.2, 0.25) is 5.91 Å². The van der Waals surface area contributed by atoms with E-state index in [0.29, 0.717) is 30.4 Å². The van der Waals surface area contributed by atoms with Crippen LogP contribution in [0.15, 0.2) is 18.2 Å². The van der Waals surface area contributed by atoms with Gasteiger partial charge in [0.25, 0.3) is 0 Å². The van der Waals surface area contributed by atoms with Gasteiger partial charge in [-0.15, -0.1) is 0 Å². The average Bonchev–Trinajstić information content (AvgIpc) is 2.34. The molecule has 3 nitrogen and oxygen atoms in total. The van der Waals surface area contributed by atoms with Crippen LogP contribution in [0.4, 0.5) is 0 Å². The van der Waals surface area contributed by atoms with Crippen molar-refractivity contribution in [3.05, 3.63) is 28.8 Å². The third kappa shape index (κ3) is 6.48. The maximum Gasteiger partial charge on any atom is 0.220 e. The summed E-state index contributed by atoms with van der Waals surface area (Å²) in [7, 11) is 0. The summed E-state index contributed by atoms with van der Waals surface area (Å²) in [5.41, 5.74) is 1.01. The van der Waals surface area contributed by atoms with Gasteiger partial charge in [-0.05, 0) is 43.0 Å². The van der Waals surface area contributed by atoms with Crippen LogP contribution in [0.5, 0.6) is 5.75 Å². The van der Waals surface area contributed by atoms with E-state index in [4.69, 9.17) is 16.3 Å². The van der Waals surface area contributed by atoms with Crippen molar-refractivity contribution in [1.82, 2.24) is 5.32 Å². The van der Waals surface area contributed by atoms with Gasteiger partial charge in [-0.1, -0.05) is 25.4 Å². The second-order valence-corrected chi connectivity index (χ2v) is 5.50. The van der Waals surface area contributed by atoms with Crippen LogP contribution in [0.1, 0.15) is 32.3 Å². The van der Waals surface area contributed by atoms with Gasteiger partial charge in [0.1, 0.15) is 5.75 Å². The second kappa shape index (κ2) is 8.05. The van der Waals surface area contributed by atoms with Crippen LogP contribution in [0, 0.1) is 12.8 Å². The Morgan fingerprint density at radius 3 is 2.79 bits per heavy atom. The number of carbonyl (C=O) groups is 1. The normalized spacial score (nSPS) is 10.6. The quantitative estimate of drug-likeness (QED) is 0.777. The van der Waals surface area contributed by atoms with E-state index in [9.17, 15) is 4.79 Å². The summed E-state index contributed by atoms with van der Waals surface area (Å²) in [6, 6.07) is 5.53. The number of carbonyl (C=O) groups excluding carboxylic acids is 1. The van der Waals surface area contributed by atoms with Crippen molar-refractivity contribution >= 4 is 17.5 Å². The average molecular weight is 284 g/mol. The largest absolute Gasteiger partial charge is 0.493 e. The number of nitrogens with one attached hydrogen (secondary N) is 1. The minimum atomic E-state index is 0.0881. The topological polar surface area (TPSA) is 38.3 Å². The van der Waals surface area contributed by atoms with Crippen LogP contribution in [0.3, 0.4) is 0 Å². The van der Waals surface area contributed by atoms with E-state index in [1.54, 1.807) is 6.07 Å². The molecule has 1 rings (SSSR count). The van der Waals surface area contributed by atoms with Crippen molar-refractivity contribution in [1.29, 1.82) is 0 Å². The van der Waals surface area contributed by atoms with Crippen molar-refractivity contribution in [2.24, 2.45) is 5.92 Å². The van der Waals surface area contributed by atoms with Crippen molar-refractivity contribution in [3.8, 4) is 5.75 Å². The summed E-state index contributed by atoms with van der Waals surface area (Å²) >= 11 is 5.87. The van der Waals surface area contributed by atoms with Gasteiger partial charge in [-0.2, -0.15) is 0 Å². The van der Waals surface area contributed by atoms with Gasteiger partial charge >= 0.3 is 0 Å². The fraction of sp³-hybridized carbons (Fsp3) is 0.533. The highest BCUT2D eigenvalue weighted by molar-refractivity contribution is 6.30. The van der Waals surface area contributed by atoms with Crippen molar-refractivity contribution < 1.29 is 9.53 Å². The van der Waals surface area contributed by atoms with Crippen molar-refractivity contribution in [2.45, 2.75) is 33.6 Å². The standard InChI is InChI=1S/C15H22ClNO2/c1-11(2)10-17-15(18)5-4-8-19-14-7-6-13(16)9-12(14)3/h6-7,9,11H,4-5,8,10H2,1-3H3,(H,17,18). The first-order valence-electron chi connectivity index (χ1n) is 6.64. The molecule has 1 N–H and O–H groups in total. The lowest BCUT2D eigenvalue weighted by molar-refractivity contribution is -0.121. The second-order valence-electron chi connectivity index (χ2n) is 5.06. The fourth-order valence-corrected chi connectivity index (χ4v) is 1.82. The summed E-state index contributed by atoms with van der Waals surface area (Å²) in [5.74, 6) is 1.40. The van der Waals surface area contributed by atoms with Gasteiger partial charge in [0, 0.05) is 18.0 Å². The van der Waals surface area contributed by atoms with E-state index in [-0.39, 0.29) is 5.91 Å².